The summed E-state index contributed by atoms with van der Waals surface area (Å²) < 4.78 is 6.29. The average Bonchev–Trinajstić information content (AvgIpc) is 2.99. The number of carbonyl (C=O) groups excluding carboxylic acids is 1. The summed E-state index contributed by atoms with van der Waals surface area (Å²) in [5.74, 6) is 0. The zero-order chi connectivity index (χ0) is 18.2. The number of ether oxygens (including phenoxy) is 1. The van der Waals surface area contributed by atoms with Crippen molar-refractivity contribution in [2.45, 2.75) is 26.4 Å². The highest BCUT2D eigenvalue weighted by atomic mass is 32.1. The summed E-state index contributed by atoms with van der Waals surface area (Å²) in [6.45, 7) is 7.58. The average molecular weight is 360 g/mol. The number of rotatable bonds is 1. The van der Waals surface area contributed by atoms with Crippen molar-refractivity contribution in [3.63, 3.8) is 0 Å². The molecule has 0 bridgehead atoms. The van der Waals surface area contributed by atoms with Crippen LogP contribution >= 0.6 is 11.3 Å². The summed E-state index contributed by atoms with van der Waals surface area (Å²) in [7, 11) is 0. The van der Waals surface area contributed by atoms with Gasteiger partial charge in [-0.25, -0.2) is 4.79 Å². The first-order valence-corrected chi connectivity index (χ1v) is 8.94. The van der Waals surface area contributed by atoms with Crippen molar-refractivity contribution in [3.05, 3.63) is 27.4 Å². The highest BCUT2D eigenvalue weighted by Gasteiger charge is 2.28. The van der Waals surface area contributed by atoms with E-state index in [9.17, 15) is 14.9 Å². The predicted molar refractivity (Wildman–Crippen MR) is 97.2 cm³/mol. The SMILES string of the molecule is CC(C)(C)OC(=O)N1CCN(c2c(C#N)c(=O)[nH]c3ccsc23)CC1. The number of aromatic amines is 1. The molecule has 0 aromatic carbocycles. The zero-order valence-corrected chi connectivity index (χ0v) is 15.3. The lowest BCUT2D eigenvalue weighted by Gasteiger charge is -2.37. The fourth-order valence-corrected chi connectivity index (χ4v) is 3.77. The van der Waals surface area contributed by atoms with Gasteiger partial charge < -0.3 is 19.5 Å². The third kappa shape index (κ3) is 3.46. The highest BCUT2D eigenvalue weighted by Crippen LogP contribution is 2.32. The van der Waals surface area contributed by atoms with Crippen LogP contribution in [0.25, 0.3) is 10.2 Å². The van der Waals surface area contributed by atoms with Gasteiger partial charge in [-0.3, -0.25) is 4.79 Å². The normalized spacial score (nSPS) is 15.3. The Balaban J connectivity index is 1.83. The number of thiophene rings is 1. The lowest BCUT2D eigenvalue weighted by atomic mass is 10.1. The van der Waals surface area contributed by atoms with E-state index < -0.39 is 5.60 Å². The summed E-state index contributed by atoms with van der Waals surface area (Å²) in [5, 5.41) is 11.3. The van der Waals surface area contributed by atoms with Gasteiger partial charge in [-0.15, -0.1) is 11.3 Å². The Bertz CT molecular complexity index is 895. The number of nitriles is 1. The van der Waals surface area contributed by atoms with Crippen molar-refractivity contribution in [3.8, 4) is 6.07 Å². The third-order valence-corrected chi connectivity index (χ3v) is 4.87. The Kier molecular flexibility index (Phi) is 4.43. The van der Waals surface area contributed by atoms with Crippen molar-refractivity contribution in [2.24, 2.45) is 0 Å². The summed E-state index contributed by atoms with van der Waals surface area (Å²) in [5.41, 5.74) is 0.621. The fraction of sp³-hybridized carbons (Fsp3) is 0.471. The molecule has 0 aliphatic carbocycles. The largest absolute Gasteiger partial charge is 0.444 e. The fourth-order valence-electron chi connectivity index (χ4n) is 2.84. The van der Waals surface area contributed by atoms with E-state index in [1.807, 2.05) is 43.2 Å². The first kappa shape index (κ1) is 17.3. The zero-order valence-electron chi connectivity index (χ0n) is 14.5. The molecule has 1 amide bonds. The molecule has 3 rings (SSSR count). The molecule has 0 atom stereocenters. The van der Waals surface area contributed by atoms with Crippen LogP contribution in [-0.2, 0) is 4.74 Å². The summed E-state index contributed by atoms with van der Waals surface area (Å²) in [6, 6.07) is 3.86. The van der Waals surface area contributed by atoms with Crippen molar-refractivity contribution < 1.29 is 9.53 Å². The molecule has 8 heteroatoms. The molecule has 7 nitrogen and oxygen atoms in total. The van der Waals surface area contributed by atoms with E-state index in [1.54, 1.807) is 4.90 Å². The van der Waals surface area contributed by atoms with Crippen molar-refractivity contribution in [1.82, 2.24) is 9.88 Å². The van der Waals surface area contributed by atoms with Gasteiger partial charge in [0.15, 0.2) is 0 Å². The Hall–Kier alpha value is -2.53. The molecule has 0 saturated carbocycles. The Labute approximate surface area is 149 Å². The number of fused-ring (bicyclic) bond motifs is 1. The lowest BCUT2D eigenvalue weighted by molar-refractivity contribution is 0.0240. The van der Waals surface area contributed by atoms with Crippen LogP contribution in [-0.4, -0.2) is 47.8 Å². The first-order chi connectivity index (χ1) is 11.8. The van der Waals surface area contributed by atoms with Crippen LogP contribution < -0.4 is 10.5 Å². The number of carbonyl (C=O) groups is 1. The second-order valence-corrected chi connectivity index (χ2v) is 7.82. The van der Waals surface area contributed by atoms with Crippen LogP contribution in [0.3, 0.4) is 0 Å². The number of amides is 1. The highest BCUT2D eigenvalue weighted by molar-refractivity contribution is 7.17. The van der Waals surface area contributed by atoms with Crippen molar-refractivity contribution in [2.75, 3.05) is 31.1 Å². The number of hydrogen-bond donors (Lipinski definition) is 1. The summed E-state index contributed by atoms with van der Waals surface area (Å²) >= 11 is 1.49. The number of nitrogens with zero attached hydrogens (tertiary/aromatic N) is 3. The maximum atomic E-state index is 12.2. The minimum atomic E-state index is -0.530. The minimum absolute atomic E-state index is 0.126. The molecule has 2 aromatic heterocycles. The van der Waals surface area contributed by atoms with Crippen molar-refractivity contribution in [1.29, 1.82) is 5.26 Å². The molecule has 3 heterocycles. The first-order valence-electron chi connectivity index (χ1n) is 8.06. The molecule has 1 N–H and O–H groups in total. The predicted octanol–water partition coefficient (Wildman–Crippen LogP) is 2.52. The molecule has 1 fully saturated rings. The quantitative estimate of drug-likeness (QED) is 0.844. The van der Waals surface area contributed by atoms with Gasteiger partial charge in [0, 0.05) is 26.2 Å². The Morgan fingerprint density at radius 1 is 1.32 bits per heavy atom. The van der Waals surface area contributed by atoms with Gasteiger partial charge in [0.05, 0.1) is 15.9 Å². The number of nitrogens with one attached hydrogen (secondary N) is 1. The minimum Gasteiger partial charge on any atom is -0.444 e. The molecule has 0 radical (unpaired) electrons. The molecular formula is C17H20N4O3S. The van der Waals surface area contributed by atoms with Gasteiger partial charge in [0.25, 0.3) is 5.56 Å². The van der Waals surface area contributed by atoms with E-state index in [2.05, 4.69) is 4.98 Å². The van der Waals surface area contributed by atoms with Crippen LogP contribution in [0.2, 0.25) is 0 Å². The Morgan fingerprint density at radius 2 is 2.00 bits per heavy atom. The summed E-state index contributed by atoms with van der Waals surface area (Å²) in [4.78, 5) is 30.8. The van der Waals surface area contributed by atoms with Gasteiger partial charge in [-0.05, 0) is 32.2 Å². The number of H-pyrrole nitrogens is 1. The second kappa shape index (κ2) is 6.41. The van der Waals surface area contributed by atoms with Crippen LogP contribution in [0.4, 0.5) is 10.5 Å². The lowest BCUT2D eigenvalue weighted by Crippen LogP contribution is -2.50. The summed E-state index contributed by atoms with van der Waals surface area (Å²) in [6.07, 6.45) is -0.333. The maximum Gasteiger partial charge on any atom is 0.410 e. The van der Waals surface area contributed by atoms with E-state index in [0.717, 1.165) is 10.2 Å². The molecule has 0 unspecified atom stereocenters. The number of anilines is 1. The molecule has 25 heavy (non-hydrogen) atoms. The van der Waals surface area contributed by atoms with Gasteiger partial charge in [-0.2, -0.15) is 5.26 Å². The van der Waals surface area contributed by atoms with Gasteiger partial charge >= 0.3 is 6.09 Å². The van der Waals surface area contributed by atoms with Gasteiger partial charge in [0.1, 0.15) is 17.2 Å². The standard InChI is InChI=1S/C17H20N4O3S/c1-17(2,3)24-16(23)21-7-5-20(6-8-21)13-11(10-18)15(22)19-12-4-9-25-14(12)13/h4,9H,5-8H2,1-3H3,(H,19,22). The Morgan fingerprint density at radius 3 is 2.60 bits per heavy atom. The van der Waals surface area contributed by atoms with Crippen LogP contribution in [0, 0.1) is 11.3 Å². The molecule has 1 saturated heterocycles. The van der Waals surface area contributed by atoms with Crippen LogP contribution in [0.1, 0.15) is 26.3 Å². The van der Waals surface area contributed by atoms with Gasteiger partial charge in [-0.1, -0.05) is 0 Å². The monoisotopic (exact) mass is 360 g/mol. The molecule has 2 aromatic rings. The van der Waals surface area contributed by atoms with Gasteiger partial charge in [0.2, 0.25) is 0 Å². The van der Waals surface area contributed by atoms with E-state index >= 15 is 0 Å². The molecule has 132 valence electrons. The number of pyridine rings is 1. The van der Waals surface area contributed by atoms with E-state index in [-0.39, 0.29) is 17.2 Å². The number of aromatic nitrogens is 1. The third-order valence-electron chi connectivity index (χ3n) is 3.95. The number of piperazine rings is 1. The smallest absolute Gasteiger partial charge is 0.410 e. The molecule has 1 aliphatic rings. The molecular weight excluding hydrogens is 340 g/mol. The van der Waals surface area contributed by atoms with Crippen LogP contribution in [0.15, 0.2) is 16.2 Å². The van der Waals surface area contributed by atoms with Crippen molar-refractivity contribution >= 4 is 33.3 Å². The van der Waals surface area contributed by atoms with E-state index in [0.29, 0.717) is 31.9 Å². The van der Waals surface area contributed by atoms with E-state index in [1.165, 1.54) is 11.3 Å². The second-order valence-electron chi connectivity index (χ2n) is 6.91. The maximum absolute atomic E-state index is 12.2. The number of hydrogen-bond acceptors (Lipinski definition) is 6. The molecule has 0 spiro atoms. The van der Waals surface area contributed by atoms with E-state index in [4.69, 9.17) is 4.74 Å². The molecule has 1 aliphatic heterocycles. The topological polar surface area (TPSA) is 89.4 Å². The van der Waals surface area contributed by atoms with Crippen LogP contribution in [0.5, 0.6) is 0 Å².